The number of ether oxygens (including phenoxy) is 1. The van der Waals surface area contributed by atoms with Crippen molar-refractivity contribution in [3.63, 3.8) is 0 Å². The highest BCUT2D eigenvalue weighted by Gasteiger charge is 2.20. The Hall–Kier alpha value is -0.790. The summed E-state index contributed by atoms with van der Waals surface area (Å²) in [6.45, 7) is 6.40. The van der Waals surface area contributed by atoms with Crippen LogP contribution in [0.15, 0.2) is 11.1 Å². The third-order valence-electron chi connectivity index (χ3n) is 2.10. The lowest BCUT2D eigenvalue weighted by Crippen LogP contribution is -2.21. The fourth-order valence-electron chi connectivity index (χ4n) is 0.965. The predicted octanol–water partition coefficient (Wildman–Crippen LogP) is 1.52. The molecular formula is C8H12O2. The first-order valence-electron chi connectivity index (χ1n) is 3.47. The van der Waals surface area contributed by atoms with Crippen molar-refractivity contribution in [2.45, 2.75) is 20.8 Å². The molecule has 1 atom stereocenters. The molecule has 0 aromatic carbocycles. The van der Waals surface area contributed by atoms with Crippen LogP contribution < -0.4 is 0 Å². The molecule has 0 aromatic heterocycles. The van der Waals surface area contributed by atoms with Gasteiger partial charge >= 0.3 is 5.97 Å². The second kappa shape index (κ2) is 2.45. The predicted molar refractivity (Wildman–Crippen MR) is 38.5 cm³/mol. The number of rotatable bonds is 0. The van der Waals surface area contributed by atoms with Gasteiger partial charge in [-0.1, -0.05) is 12.5 Å². The Morgan fingerprint density at radius 2 is 2.10 bits per heavy atom. The fraction of sp³-hybridized carbons (Fsp3) is 0.625. The second-order valence-electron chi connectivity index (χ2n) is 2.81. The van der Waals surface area contributed by atoms with E-state index in [1.54, 1.807) is 0 Å². The second-order valence-corrected chi connectivity index (χ2v) is 2.81. The van der Waals surface area contributed by atoms with Gasteiger partial charge in [-0.25, -0.2) is 4.79 Å². The van der Waals surface area contributed by atoms with Crippen LogP contribution in [0.25, 0.3) is 0 Å². The highest BCUT2D eigenvalue weighted by Crippen LogP contribution is 2.20. The lowest BCUT2D eigenvalue weighted by molar-refractivity contribution is -0.141. The van der Waals surface area contributed by atoms with Crippen LogP contribution in [0.2, 0.25) is 0 Å². The summed E-state index contributed by atoms with van der Waals surface area (Å²) < 4.78 is 4.88. The summed E-state index contributed by atoms with van der Waals surface area (Å²) in [5.74, 6) is 0.244. The average molecular weight is 140 g/mol. The van der Waals surface area contributed by atoms with Gasteiger partial charge in [0.1, 0.15) is 0 Å². The molecule has 0 spiro atoms. The lowest BCUT2D eigenvalue weighted by atomic mass is 9.97. The SMILES string of the molecule is CC1=C(C)C(C)COC1=O. The maximum absolute atomic E-state index is 10.9. The van der Waals surface area contributed by atoms with Crippen LogP contribution in [0.3, 0.4) is 0 Å². The van der Waals surface area contributed by atoms with Crippen molar-refractivity contribution in [3.05, 3.63) is 11.1 Å². The summed E-state index contributed by atoms with van der Waals surface area (Å²) in [6.07, 6.45) is 0. The molecule has 0 radical (unpaired) electrons. The van der Waals surface area contributed by atoms with Gasteiger partial charge in [0.05, 0.1) is 6.61 Å². The zero-order valence-electron chi connectivity index (χ0n) is 6.60. The average Bonchev–Trinajstić information content (AvgIpc) is 1.93. The van der Waals surface area contributed by atoms with Gasteiger partial charge in [-0.3, -0.25) is 0 Å². The van der Waals surface area contributed by atoms with Gasteiger partial charge in [0.15, 0.2) is 0 Å². The normalized spacial score (nSPS) is 26.7. The van der Waals surface area contributed by atoms with Crippen molar-refractivity contribution in [1.29, 1.82) is 0 Å². The van der Waals surface area contributed by atoms with E-state index in [2.05, 4.69) is 6.92 Å². The molecule has 0 fully saturated rings. The van der Waals surface area contributed by atoms with Crippen LogP contribution in [-0.4, -0.2) is 12.6 Å². The molecule has 2 nitrogen and oxygen atoms in total. The topological polar surface area (TPSA) is 26.3 Å². The van der Waals surface area contributed by atoms with Gasteiger partial charge in [0.25, 0.3) is 0 Å². The standard InChI is InChI=1S/C8H12O2/c1-5-4-10-8(9)7(3)6(5)2/h5H,4H2,1-3H3. The van der Waals surface area contributed by atoms with E-state index in [4.69, 9.17) is 4.74 Å². The maximum atomic E-state index is 10.9. The minimum Gasteiger partial charge on any atom is -0.462 e. The molecule has 0 bridgehead atoms. The first-order chi connectivity index (χ1) is 4.63. The summed E-state index contributed by atoms with van der Waals surface area (Å²) in [4.78, 5) is 10.9. The molecule has 0 saturated heterocycles. The van der Waals surface area contributed by atoms with Crippen LogP contribution in [-0.2, 0) is 9.53 Å². The molecule has 1 heterocycles. The Bertz CT molecular complexity index is 191. The summed E-state index contributed by atoms with van der Waals surface area (Å²) in [6, 6.07) is 0. The van der Waals surface area contributed by atoms with Gasteiger partial charge in [0, 0.05) is 11.5 Å². The smallest absolute Gasteiger partial charge is 0.333 e. The molecule has 1 rings (SSSR count). The fourth-order valence-corrected chi connectivity index (χ4v) is 0.965. The van der Waals surface area contributed by atoms with E-state index in [9.17, 15) is 4.79 Å². The lowest BCUT2D eigenvalue weighted by Gasteiger charge is -2.20. The first-order valence-corrected chi connectivity index (χ1v) is 3.47. The van der Waals surface area contributed by atoms with E-state index in [1.165, 1.54) is 0 Å². The third-order valence-corrected chi connectivity index (χ3v) is 2.10. The summed E-state index contributed by atoms with van der Waals surface area (Å²) in [5.41, 5.74) is 1.94. The van der Waals surface area contributed by atoms with Gasteiger partial charge in [-0.2, -0.15) is 0 Å². The van der Waals surface area contributed by atoms with E-state index >= 15 is 0 Å². The van der Waals surface area contributed by atoms with E-state index in [-0.39, 0.29) is 5.97 Å². The van der Waals surface area contributed by atoms with Gasteiger partial charge in [0.2, 0.25) is 0 Å². The van der Waals surface area contributed by atoms with Crippen molar-refractivity contribution < 1.29 is 9.53 Å². The molecule has 0 amide bonds. The summed E-state index contributed by atoms with van der Waals surface area (Å²) >= 11 is 0. The Morgan fingerprint density at radius 3 is 2.60 bits per heavy atom. The van der Waals surface area contributed by atoms with Crippen LogP contribution >= 0.6 is 0 Å². The molecule has 2 heteroatoms. The van der Waals surface area contributed by atoms with Gasteiger partial charge in [-0.05, 0) is 13.8 Å². The molecule has 0 aromatic rings. The number of carbonyl (C=O) groups is 1. The molecule has 1 aliphatic heterocycles. The quantitative estimate of drug-likeness (QED) is 0.477. The molecule has 1 aliphatic rings. The van der Waals surface area contributed by atoms with Crippen LogP contribution in [0, 0.1) is 5.92 Å². The number of carbonyl (C=O) groups excluding carboxylic acids is 1. The van der Waals surface area contributed by atoms with Crippen molar-refractivity contribution in [1.82, 2.24) is 0 Å². The summed E-state index contributed by atoms with van der Waals surface area (Å²) in [7, 11) is 0. The van der Waals surface area contributed by atoms with Crippen LogP contribution in [0.1, 0.15) is 20.8 Å². The molecule has 0 aliphatic carbocycles. The highest BCUT2D eigenvalue weighted by atomic mass is 16.5. The highest BCUT2D eigenvalue weighted by molar-refractivity contribution is 5.89. The van der Waals surface area contributed by atoms with E-state index in [1.807, 2.05) is 13.8 Å². The van der Waals surface area contributed by atoms with Gasteiger partial charge < -0.3 is 4.74 Å². The zero-order chi connectivity index (χ0) is 7.72. The largest absolute Gasteiger partial charge is 0.462 e. The molecule has 1 unspecified atom stereocenters. The Labute approximate surface area is 60.9 Å². The van der Waals surface area contributed by atoms with Crippen LogP contribution in [0.5, 0.6) is 0 Å². The number of cyclic esters (lactones) is 1. The molecule has 0 saturated carbocycles. The minimum absolute atomic E-state index is 0.157. The molecule has 10 heavy (non-hydrogen) atoms. The zero-order valence-corrected chi connectivity index (χ0v) is 6.60. The molecular weight excluding hydrogens is 128 g/mol. The minimum atomic E-state index is -0.157. The molecule has 56 valence electrons. The van der Waals surface area contributed by atoms with E-state index in [0.717, 1.165) is 11.1 Å². The van der Waals surface area contributed by atoms with Crippen molar-refractivity contribution >= 4 is 5.97 Å². The third kappa shape index (κ3) is 1.06. The first kappa shape index (κ1) is 7.32. The van der Waals surface area contributed by atoms with E-state index in [0.29, 0.717) is 12.5 Å². The van der Waals surface area contributed by atoms with Crippen LogP contribution in [0.4, 0.5) is 0 Å². The number of hydrogen-bond acceptors (Lipinski definition) is 2. The number of hydrogen-bond donors (Lipinski definition) is 0. The van der Waals surface area contributed by atoms with Crippen molar-refractivity contribution in [3.8, 4) is 0 Å². The van der Waals surface area contributed by atoms with Crippen molar-refractivity contribution in [2.75, 3.05) is 6.61 Å². The Balaban J connectivity index is 2.92. The summed E-state index contributed by atoms with van der Waals surface area (Å²) in [5, 5.41) is 0. The Morgan fingerprint density at radius 1 is 1.50 bits per heavy atom. The van der Waals surface area contributed by atoms with Crippen molar-refractivity contribution in [2.24, 2.45) is 5.92 Å². The monoisotopic (exact) mass is 140 g/mol. The maximum Gasteiger partial charge on any atom is 0.333 e. The van der Waals surface area contributed by atoms with E-state index < -0.39 is 0 Å². The van der Waals surface area contributed by atoms with Gasteiger partial charge in [-0.15, -0.1) is 0 Å². The number of esters is 1. The Kier molecular flexibility index (Phi) is 1.79. The molecule has 0 N–H and O–H groups in total.